The van der Waals surface area contributed by atoms with Gasteiger partial charge in [0.1, 0.15) is 24.7 Å². The second-order valence-corrected chi connectivity index (χ2v) is 9.63. The van der Waals surface area contributed by atoms with Crippen LogP contribution in [0.1, 0.15) is 19.4 Å². The number of carbonyl (C=O) groups excluding carboxylic acids is 1. The average Bonchev–Trinajstić information content (AvgIpc) is 2.83. The summed E-state index contributed by atoms with van der Waals surface area (Å²) in [6.07, 6.45) is 0. The number of carbonyl (C=O) groups is 1. The topological polar surface area (TPSA) is 84.9 Å². The minimum absolute atomic E-state index is 0.0880. The molecule has 34 heavy (non-hydrogen) atoms. The summed E-state index contributed by atoms with van der Waals surface area (Å²) in [5, 5.41) is 2.83. The molecule has 1 N–H and O–H groups in total. The fourth-order valence-corrected chi connectivity index (χ4v) is 4.84. The Bertz CT molecular complexity index is 1200. The lowest BCUT2D eigenvalue weighted by atomic mass is 10.2. The van der Waals surface area contributed by atoms with Crippen molar-refractivity contribution in [1.82, 2.24) is 5.32 Å². The number of aryl methyl sites for hydroxylation is 1. The second-order valence-electron chi connectivity index (χ2n) is 7.77. The van der Waals surface area contributed by atoms with Crippen LogP contribution < -0.4 is 19.1 Å². The molecule has 3 aromatic rings. The van der Waals surface area contributed by atoms with Gasteiger partial charge in [0.15, 0.2) is 0 Å². The predicted molar refractivity (Wildman–Crippen MR) is 133 cm³/mol. The SMILES string of the molecule is CCOc1ccccc1N(CC(=O)NC(C)COc1ccccc1C)S(=O)(=O)c1ccccc1. The molecule has 180 valence electrons. The number of benzene rings is 3. The number of rotatable bonds is 11. The van der Waals surface area contributed by atoms with Gasteiger partial charge in [0.2, 0.25) is 5.91 Å². The Morgan fingerprint density at radius 3 is 2.21 bits per heavy atom. The summed E-state index contributed by atoms with van der Waals surface area (Å²) in [7, 11) is -4.03. The number of nitrogens with zero attached hydrogens (tertiary/aromatic N) is 1. The highest BCUT2D eigenvalue weighted by molar-refractivity contribution is 7.92. The van der Waals surface area contributed by atoms with Crippen LogP contribution in [0.15, 0.2) is 83.8 Å². The van der Waals surface area contributed by atoms with Gasteiger partial charge in [-0.05, 0) is 56.7 Å². The molecule has 3 rings (SSSR count). The van der Waals surface area contributed by atoms with Crippen LogP contribution >= 0.6 is 0 Å². The molecule has 0 saturated carbocycles. The predicted octanol–water partition coefficient (Wildman–Crippen LogP) is 4.17. The lowest BCUT2D eigenvalue weighted by Gasteiger charge is -2.26. The molecule has 0 aromatic heterocycles. The minimum Gasteiger partial charge on any atom is -0.492 e. The number of hydrogen-bond donors (Lipinski definition) is 1. The van der Waals surface area contributed by atoms with E-state index in [1.807, 2.05) is 38.1 Å². The Hall–Kier alpha value is -3.52. The summed E-state index contributed by atoms with van der Waals surface area (Å²) in [6.45, 7) is 5.76. The van der Waals surface area contributed by atoms with Crippen LogP contribution in [-0.4, -0.2) is 40.1 Å². The van der Waals surface area contributed by atoms with Crippen molar-refractivity contribution >= 4 is 21.6 Å². The summed E-state index contributed by atoms with van der Waals surface area (Å²) in [4.78, 5) is 13.0. The third-order valence-electron chi connectivity index (χ3n) is 5.04. The van der Waals surface area contributed by atoms with Crippen molar-refractivity contribution in [2.24, 2.45) is 0 Å². The molecule has 0 radical (unpaired) electrons. The van der Waals surface area contributed by atoms with Crippen molar-refractivity contribution in [2.45, 2.75) is 31.7 Å². The van der Waals surface area contributed by atoms with E-state index in [1.54, 1.807) is 49.4 Å². The molecule has 0 aliphatic rings. The summed E-state index contributed by atoms with van der Waals surface area (Å²) < 4.78 is 39.6. The van der Waals surface area contributed by atoms with Crippen molar-refractivity contribution in [3.8, 4) is 11.5 Å². The molecule has 1 amide bonds. The van der Waals surface area contributed by atoms with E-state index in [-0.39, 0.29) is 17.5 Å². The van der Waals surface area contributed by atoms with Crippen LogP contribution in [0.5, 0.6) is 11.5 Å². The number of sulfonamides is 1. The summed E-state index contributed by atoms with van der Waals surface area (Å²) in [6, 6.07) is 22.1. The second kappa shape index (κ2) is 11.6. The Balaban J connectivity index is 1.80. The molecule has 7 nitrogen and oxygen atoms in total. The Kier molecular flexibility index (Phi) is 8.54. The molecule has 0 aliphatic carbocycles. The quantitative estimate of drug-likeness (QED) is 0.443. The minimum atomic E-state index is -4.03. The van der Waals surface area contributed by atoms with E-state index in [0.717, 1.165) is 15.6 Å². The van der Waals surface area contributed by atoms with Crippen LogP contribution in [0, 0.1) is 6.92 Å². The number of hydrogen-bond acceptors (Lipinski definition) is 5. The summed E-state index contributed by atoms with van der Waals surface area (Å²) >= 11 is 0. The molecule has 3 aromatic carbocycles. The molecule has 1 unspecified atom stereocenters. The van der Waals surface area contributed by atoms with Gasteiger partial charge in [-0.1, -0.05) is 48.5 Å². The highest BCUT2D eigenvalue weighted by Crippen LogP contribution is 2.32. The van der Waals surface area contributed by atoms with Gasteiger partial charge in [0, 0.05) is 0 Å². The zero-order valence-corrected chi connectivity index (χ0v) is 20.4. The summed E-state index contributed by atoms with van der Waals surface area (Å²) in [5.74, 6) is 0.669. The monoisotopic (exact) mass is 482 g/mol. The molecule has 0 heterocycles. The molecule has 1 atom stereocenters. The lowest BCUT2D eigenvalue weighted by Crippen LogP contribution is -2.45. The van der Waals surface area contributed by atoms with Gasteiger partial charge < -0.3 is 14.8 Å². The lowest BCUT2D eigenvalue weighted by molar-refractivity contribution is -0.120. The number of anilines is 1. The number of para-hydroxylation sites is 3. The summed E-state index contributed by atoms with van der Waals surface area (Å²) in [5.41, 5.74) is 1.29. The third kappa shape index (κ3) is 6.29. The molecule has 8 heteroatoms. The van der Waals surface area contributed by atoms with E-state index in [2.05, 4.69) is 5.32 Å². The van der Waals surface area contributed by atoms with Crippen molar-refractivity contribution < 1.29 is 22.7 Å². The first-order valence-corrected chi connectivity index (χ1v) is 12.5. The van der Waals surface area contributed by atoms with Gasteiger partial charge in [-0.15, -0.1) is 0 Å². The van der Waals surface area contributed by atoms with Crippen LogP contribution in [0.25, 0.3) is 0 Å². The first-order valence-electron chi connectivity index (χ1n) is 11.1. The fraction of sp³-hybridized carbons (Fsp3) is 0.269. The van der Waals surface area contributed by atoms with E-state index in [0.29, 0.717) is 18.0 Å². The van der Waals surface area contributed by atoms with Crippen molar-refractivity contribution in [2.75, 3.05) is 24.1 Å². The maximum Gasteiger partial charge on any atom is 0.264 e. The first kappa shape index (κ1) is 25.1. The zero-order valence-electron chi connectivity index (χ0n) is 19.6. The highest BCUT2D eigenvalue weighted by atomic mass is 32.2. The van der Waals surface area contributed by atoms with Gasteiger partial charge in [0.25, 0.3) is 10.0 Å². The maximum absolute atomic E-state index is 13.5. The molecule has 0 saturated heterocycles. The van der Waals surface area contributed by atoms with E-state index in [4.69, 9.17) is 9.47 Å². The number of ether oxygens (including phenoxy) is 2. The van der Waals surface area contributed by atoms with Gasteiger partial charge in [-0.25, -0.2) is 8.42 Å². The molecule has 0 aliphatic heterocycles. The molecular weight excluding hydrogens is 452 g/mol. The third-order valence-corrected chi connectivity index (χ3v) is 6.82. The average molecular weight is 483 g/mol. The number of amides is 1. The van der Waals surface area contributed by atoms with Crippen LogP contribution in [0.3, 0.4) is 0 Å². The number of nitrogens with one attached hydrogen (secondary N) is 1. The molecular formula is C26H30N2O5S. The van der Waals surface area contributed by atoms with E-state index < -0.39 is 22.5 Å². The maximum atomic E-state index is 13.5. The van der Waals surface area contributed by atoms with Gasteiger partial charge in [0.05, 0.1) is 23.2 Å². The first-order chi connectivity index (χ1) is 16.3. The van der Waals surface area contributed by atoms with Gasteiger partial charge in [-0.2, -0.15) is 0 Å². The van der Waals surface area contributed by atoms with Gasteiger partial charge >= 0.3 is 0 Å². The van der Waals surface area contributed by atoms with E-state index >= 15 is 0 Å². The fourth-order valence-electron chi connectivity index (χ4n) is 3.39. The van der Waals surface area contributed by atoms with Crippen molar-refractivity contribution in [3.63, 3.8) is 0 Å². The van der Waals surface area contributed by atoms with Crippen molar-refractivity contribution in [1.29, 1.82) is 0 Å². The molecule has 0 fully saturated rings. The van der Waals surface area contributed by atoms with Gasteiger partial charge in [-0.3, -0.25) is 9.10 Å². The largest absolute Gasteiger partial charge is 0.492 e. The van der Waals surface area contributed by atoms with E-state index in [9.17, 15) is 13.2 Å². The van der Waals surface area contributed by atoms with E-state index in [1.165, 1.54) is 12.1 Å². The molecule has 0 spiro atoms. The van der Waals surface area contributed by atoms with Crippen LogP contribution in [0.4, 0.5) is 5.69 Å². The Morgan fingerprint density at radius 2 is 1.53 bits per heavy atom. The normalized spacial score (nSPS) is 12.0. The standard InChI is InChI=1S/C26H30N2O5S/c1-4-32-25-17-11-9-15-23(25)28(34(30,31)22-13-6-5-7-14-22)18-26(29)27-21(3)19-33-24-16-10-8-12-20(24)2/h5-17,21H,4,18-19H2,1-3H3,(H,27,29). The van der Waals surface area contributed by atoms with Crippen LogP contribution in [-0.2, 0) is 14.8 Å². The highest BCUT2D eigenvalue weighted by Gasteiger charge is 2.29. The van der Waals surface area contributed by atoms with Crippen molar-refractivity contribution in [3.05, 3.63) is 84.4 Å². The molecule has 0 bridgehead atoms. The Labute approximate surface area is 201 Å². The zero-order chi connectivity index (χ0) is 24.6. The smallest absolute Gasteiger partial charge is 0.264 e. The Morgan fingerprint density at radius 1 is 0.912 bits per heavy atom. The van der Waals surface area contributed by atoms with Crippen LogP contribution in [0.2, 0.25) is 0 Å².